The monoisotopic (exact) mass is 528 g/mol. The molecule has 37 heavy (non-hydrogen) atoms. The first-order chi connectivity index (χ1) is 17.7. The van der Waals surface area contributed by atoms with E-state index in [4.69, 9.17) is 14.2 Å². The van der Waals surface area contributed by atoms with E-state index in [2.05, 4.69) is 0 Å². The highest BCUT2D eigenvalue weighted by Crippen LogP contribution is 2.40. The summed E-state index contributed by atoms with van der Waals surface area (Å²) in [5, 5.41) is 0. The summed E-state index contributed by atoms with van der Waals surface area (Å²) in [5.74, 6) is 0.450. The van der Waals surface area contributed by atoms with Gasteiger partial charge in [-0.15, -0.1) is 0 Å². The van der Waals surface area contributed by atoms with Crippen molar-refractivity contribution in [3.8, 4) is 5.75 Å². The van der Waals surface area contributed by atoms with Crippen molar-refractivity contribution in [2.45, 2.75) is 56.6 Å². The van der Waals surface area contributed by atoms with Crippen LogP contribution < -0.4 is 4.74 Å². The fourth-order valence-electron chi connectivity index (χ4n) is 5.74. The smallest absolute Gasteiger partial charge is 0.254 e. The van der Waals surface area contributed by atoms with Gasteiger partial charge in [-0.3, -0.25) is 4.79 Å². The first kappa shape index (κ1) is 26.2. The third-order valence-corrected chi connectivity index (χ3v) is 9.85. The number of aryl methyl sites for hydroxylation is 2. The van der Waals surface area contributed by atoms with Crippen LogP contribution in [0.2, 0.25) is 0 Å². The summed E-state index contributed by atoms with van der Waals surface area (Å²) >= 11 is 0. The Kier molecular flexibility index (Phi) is 7.33. The lowest BCUT2D eigenvalue weighted by Gasteiger charge is -2.53. The summed E-state index contributed by atoms with van der Waals surface area (Å²) in [6.45, 7) is 6.46. The molecule has 0 saturated carbocycles. The Hall–Kier alpha value is -2.46. The predicted octanol–water partition coefficient (Wildman–Crippen LogP) is 3.31. The molecule has 9 heteroatoms. The molecule has 1 spiro atoms. The molecule has 2 aromatic rings. The maximum atomic E-state index is 13.3. The molecular formula is C28H36N2O6S. The van der Waals surface area contributed by atoms with Gasteiger partial charge in [-0.2, -0.15) is 4.31 Å². The van der Waals surface area contributed by atoms with Crippen LogP contribution >= 0.6 is 0 Å². The molecule has 3 aliphatic rings. The predicted molar refractivity (Wildman–Crippen MR) is 140 cm³/mol. The van der Waals surface area contributed by atoms with Crippen LogP contribution in [0.15, 0.2) is 42.5 Å². The Morgan fingerprint density at radius 2 is 1.92 bits per heavy atom. The van der Waals surface area contributed by atoms with E-state index in [1.807, 2.05) is 50.2 Å². The van der Waals surface area contributed by atoms with Gasteiger partial charge < -0.3 is 19.1 Å². The molecule has 3 unspecified atom stereocenters. The van der Waals surface area contributed by atoms with Crippen LogP contribution in [-0.2, 0) is 25.2 Å². The molecule has 3 heterocycles. The number of nitrogens with zero attached hydrogens (tertiary/aromatic N) is 2. The van der Waals surface area contributed by atoms with E-state index in [9.17, 15) is 13.2 Å². The first-order valence-electron chi connectivity index (χ1n) is 12.9. The zero-order chi connectivity index (χ0) is 26.2. The number of hydrogen-bond acceptors (Lipinski definition) is 6. The van der Waals surface area contributed by atoms with E-state index in [0.29, 0.717) is 49.7 Å². The normalized spacial score (nSPS) is 26.3. The Morgan fingerprint density at radius 3 is 2.62 bits per heavy atom. The number of sulfonamides is 1. The second-order valence-electron chi connectivity index (χ2n) is 10.6. The molecule has 3 aliphatic heterocycles. The number of hydrogen-bond donors (Lipinski definition) is 0. The van der Waals surface area contributed by atoms with Crippen molar-refractivity contribution in [3.05, 3.63) is 64.7 Å². The van der Waals surface area contributed by atoms with Crippen molar-refractivity contribution in [2.75, 3.05) is 40.0 Å². The number of amides is 1. The van der Waals surface area contributed by atoms with Gasteiger partial charge in [0.1, 0.15) is 18.0 Å². The van der Waals surface area contributed by atoms with Gasteiger partial charge in [-0.05, 0) is 62.4 Å². The molecule has 0 aromatic heterocycles. The molecule has 8 nitrogen and oxygen atoms in total. The molecule has 3 atom stereocenters. The second-order valence-corrected chi connectivity index (χ2v) is 12.5. The van der Waals surface area contributed by atoms with Gasteiger partial charge in [-0.1, -0.05) is 29.8 Å². The van der Waals surface area contributed by atoms with Crippen LogP contribution in [0.5, 0.6) is 5.75 Å². The largest absolute Gasteiger partial charge is 0.486 e. The van der Waals surface area contributed by atoms with Crippen LogP contribution in [0.4, 0.5) is 0 Å². The van der Waals surface area contributed by atoms with Gasteiger partial charge in [0.25, 0.3) is 5.91 Å². The Labute approximate surface area is 219 Å². The minimum atomic E-state index is -3.48. The van der Waals surface area contributed by atoms with Crippen LogP contribution in [0.25, 0.3) is 0 Å². The van der Waals surface area contributed by atoms with Crippen LogP contribution in [-0.4, -0.2) is 81.2 Å². The zero-order valence-corrected chi connectivity index (χ0v) is 22.6. The number of benzene rings is 2. The fourth-order valence-corrected chi connectivity index (χ4v) is 7.69. The van der Waals surface area contributed by atoms with E-state index >= 15 is 0 Å². The highest BCUT2D eigenvalue weighted by atomic mass is 32.2. The lowest BCUT2D eigenvalue weighted by molar-refractivity contribution is -0.0643. The molecule has 200 valence electrons. The van der Waals surface area contributed by atoms with E-state index in [1.165, 1.54) is 0 Å². The number of ether oxygens (including phenoxy) is 3. The molecule has 1 amide bonds. The van der Waals surface area contributed by atoms with Crippen molar-refractivity contribution in [1.29, 1.82) is 0 Å². The maximum absolute atomic E-state index is 13.3. The summed E-state index contributed by atoms with van der Waals surface area (Å²) in [7, 11) is -1.86. The quantitative estimate of drug-likeness (QED) is 0.548. The summed E-state index contributed by atoms with van der Waals surface area (Å²) in [6, 6.07) is 13.1. The topological polar surface area (TPSA) is 85.4 Å². The average Bonchev–Trinajstić information content (AvgIpc) is 3.27. The van der Waals surface area contributed by atoms with Gasteiger partial charge in [0.05, 0.1) is 31.0 Å². The van der Waals surface area contributed by atoms with Crippen molar-refractivity contribution in [2.24, 2.45) is 0 Å². The highest BCUT2D eigenvalue weighted by Gasteiger charge is 2.51. The minimum absolute atomic E-state index is 0.0376. The Bertz CT molecular complexity index is 1260. The van der Waals surface area contributed by atoms with Crippen LogP contribution in [0.1, 0.15) is 46.3 Å². The van der Waals surface area contributed by atoms with E-state index in [-0.39, 0.29) is 29.4 Å². The molecule has 3 saturated heterocycles. The Balaban J connectivity index is 1.26. The number of carbonyl (C=O) groups is 1. The molecule has 0 aliphatic carbocycles. The SMILES string of the molecule is COC1CN(C(=O)c2cc(C)ccc2C)CC1Oc1cccc(CS(=O)(=O)N2CCC23CCCOC3)c1. The van der Waals surface area contributed by atoms with Crippen molar-refractivity contribution in [3.63, 3.8) is 0 Å². The number of rotatable bonds is 7. The minimum Gasteiger partial charge on any atom is -0.486 e. The molecule has 0 radical (unpaired) electrons. The van der Waals surface area contributed by atoms with Gasteiger partial charge in [-0.25, -0.2) is 8.42 Å². The molecule has 0 bridgehead atoms. The van der Waals surface area contributed by atoms with Gasteiger partial charge >= 0.3 is 0 Å². The first-order valence-corrected chi connectivity index (χ1v) is 14.5. The lowest BCUT2D eigenvalue weighted by Crippen LogP contribution is -2.65. The van der Waals surface area contributed by atoms with E-state index < -0.39 is 10.0 Å². The van der Waals surface area contributed by atoms with Crippen LogP contribution in [0.3, 0.4) is 0 Å². The Morgan fingerprint density at radius 1 is 1.11 bits per heavy atom. The number of carbonyl (C=O) groups excluding carboxylic acids is 1. The van der Waals surface area contributed by atoms with E-state index in [1.54, 1.807) is 22.4 Å². The summed E-state index contributed by atoms with van der Waals surface area (Å²) in [6.07, 6.45) is 1.96. The van der Waals surface area contributed by atoms with E-state index in [0.717, 1.165) is 30.4 Å². The van der Waals surface area contributed by atoms with Crippen LogP contribution in [0, 0.1) is 13.8 Å². The van der Waals surface area contributed by atoms with Crippen molar-refractivity contribution in [1.82, 2.24) is 9.21 Å². The molecule has 0 N–H and O–H groups in total. The standard InChI is InChI=1S/C28H36N2O6S/c1-20-8-9-21(2)24(14-20)27(31)29-16-25(34-3)26(17-29)36-23-7-4-6-22(15-23)18-37(32,33)30-12-11-28(30)10-5-13-35-19-28/h4,6-9,14-15,25-26H,5,10-13,16-19H2,1-3H3. The van der Waals surface area contributed by atoms with Gasteiger partial charge in [0.15, 0.2) is 0 Å². The van der Waals surface area contributed by atoms with Crippen molar-refractivity contribution >= 4 is 15.9 Å². The fraction of sp³-hybridized carbons (Fsp3) is 0.536. The summed E-state index contributed by atoms with van der Waals surface area (Å²) < 4.78 is 45.7. The molecular weight excluding hydrogens is 492 g/mol. The van der Waals surface area contributed by atoms with Gasteiger partial charge in [0, 0.05) is 25.8 Å². The molecule has 3 fully saturated rings. The third kappa shape index (κ3) is 5.27. The number of likely N-dealkylation sites (tertiary alicyclic amines) is 1. The lowest BCUT2D eigenvalue weighted by atomic mass is 9.83. The zero-order valence-electron chi connectivity index (χ0n) is 21.8. The third-order valence-electron chi connectivity index (χ3n) is 7.91. The highest BCUT2D eigenvalue weighted by molar-refractivity contribution is 7.88. The molecule has 2 aromatic carbocycles. The summed E-state index contributed by atoms with van der Waals surface area (Å²) in [5.41, 5.74) is 2.97. The van der Waals surface area contributed by atoms with Gasteiger partial charge in [0.2, 0.25) is 10.0 Å². The maximum Gasteiger partial charge on any atom is 0.254 e. The second kappa shape index (κ2) is 10.4. The molecule has 5 rings (SSSR count). The summed E-state index contributed by atoms with van der Waals surface area (Å²) in [4.78, 5) is 15.0. The number of methoxy groups -OCH3 is 1. The average molecular weight is 529 g/mol. The van der Waals surface area contributed by atoms with Crippen molar-refractivity contribution < 1.29 is 27.4 Å².